The summed E-state index contributed by atoms with van der Waals surface area (Å²) in [4.78, 5) is 4.76. The van der Waals surface area contributed by atoms with Crippen LogP contribution in [-0.2, 0) is 0 Å². The van der Waals surface area contributed by atoms with Gasteiger partial charge in [-0.2, -0.15) is 5.26 Å². The Labute approximate surface area is 130 Å². The highest BCUT2D eigenvalue weighted by Crippen LogP contribution is 2.39. The van der Waals surface area contributed by atoms with E-state index in [1.807, 2.05) is 26.0 Å². The second kappa shape index (κ2) is 5.94. The Kier molecular flexibility index (Phi) is 4.00. The molecule has 1 unspecified atom stereocenters. The summed E-state index contributed by atoms with van der Waals surface area (Å²) < 4.78 is 6.12. The normalized spacial score (nSPS) is 20.8. The van der Waals surface area contributed by atoms with Gasteiger partial charge in [0, 0.05) is 12.5 Å². The molecule has 1 saturated carbocycles. The molecule has 0 bridgehead atoms. The first kappa shape index (κ1) is 14.8. The number of aliphatic imine (C=N–C) groups is 1. The van der Waals surface area contributed by atoms with Crippen LogP contribution in [0.4, 0.5) is 0 Å². The number of aliphatic hydroxyl groups excluding tert-OH is 1. The third-order valence-corrected chi connectivity index (χ3v) is 4.15. The van der Waals surface area contributed by atoms with Crippen LogP contribution in [0, 0.1) is 24.2 Å². The van der Waals surface area contributed by atoms with Crippen molar-refractivity contribution >= 4 is 5.71 Å². The zero-order valence-electron chi connectivity index (χ0n) is 13.0. The molecule has 1 aliphatic carbocycles. The van der Waals surface area contributed by atoms with Crippen LogP contribution in [0.2, 0.25) is 0 Å². The van der Waals surface area contributed by atoms with Crippen molar-refractivity contribution in [2.75, 3.05) is 6.61 Å². The van der Waals surface area contributed by atoms with E-state index in [0.29, 0.717) is 23.7 Å². The second-order valence-corrected chi connectivity index (χ2v) is 6.08. The van der Waals surface area contributed by atoms with Crippen LogP contribution in [0.15, 0.2) is 34.5 Å². The summed E-state index contributed by atoms with van der Waals surface area (Å²) in [7, 11) is 0. The number of hydrogen-bond donors (Lipinski definition) is 1. The molecule has 1 atom stereocenters. The Morgan fingerprint density at radius 3 is 2.73 bits per heavy atom. The first-order valence-electron chi connectivity index (χ1n) is 7.71. The van der Waals surface area contributed by atoms with Crippen LogP contribution in [0.3, 0.4) is 0 Å². The standard InChI is InChI=1S/C18H20N2O2/c1-11-7-13(10-19)9-15(8-11)22-18-12(2)16(5-6-21)20-17(18)14-3-4-14/h7-9,14,16,21H,3-6H2,1-2H3. The van der Waals surface area contributed by atoms with E-state index in [1.165, 1.54) is 0 Å². The van der Waals surface area contributed by atoms with Gasteiger partial charge in [0.2, 0.25) is 0 Å². The van der Waals surface area contributed by atoms with Crippen molar-refractivity contribution in [3.63, 3.8) is 0 Å². The lowest BCUT2D eigenvalue weighted by Gasteiger charge is -2.12. The average Bonchev–Trinajstić information content (AvgIpc) is 3.29. The maximum Gasteiger partial charge on any atom is 0.149 e. The SMILES string of the molecule is CC1=C(Oc2cc(C)cc(C#N)c2)C(C2CC2)=NC1CCO. The number of allylic oxidation sites excluding steroid dienone is 1. The van der Waals surface area contributed by atoms with Gasteiger partial charge in [-0.25, -0.2) is 0 Å². The number of nitrogens with zero attached hydrogens (tertiary/aromatic N) is 2. The van der Waals surface area contributed by atoms with Crippen molar-refractivity contribution in [3.05, 3.63) is 40.7 Å². The van der Waals surface area contributed by atoms with Gasteiger partial charge in [0.1, 0.15) is 11.5 Å². The molecule has 1 fully saturated rings. The summed E-state index contributed by atoms with van der Waals surface area (Å²) in [6.45, 7) is 4.10. The molecule has 4 heteroatoms. The summed E-state index contributed by atoms with van der Waals surface area (Å²) in [5.41, 5.74) is 3.72. The number of benzene rings is 1. The van der Waals surface area contributed by atoms with E-state index >= 15 is 0 Å². The Morgan fingerprint density at radius 2 is 2.09 bits per heavy atom. The lowest BCUT2D eigenvalue weighted by molar-refractivity contribution is 0.281. The molecular formula is C18H20N2O2. The molecule has 0 radical (unpaired) electrons. The van der Waals surface area contributed by atoms with Crippen LogP contribution in [0.5, 0.6) is 5.75 Å². The number of nitriles is 1. The highest BCUT2D eigenvalue weighted by Gasteiger charge is 2.37. The fourth-order valence-electron chi connectivity index (χ4n) is 2.85. The Bertz CT molecular complexity index is 694. The molecule has 0 amide bonds. The molecule has 0 spiro atoms. The van der Waals surface area contributed by atoms with Crippen molar-refractivity contribution < 1.29 is 9.84 Å². The zero-order valence-corrected chi connectivity index (χ0v) is 13.0. The number of rotatable bonds is 5. The fraction of sp³-hybridized carbons (Fsp3) is 0.444. The van der Waals surface area contributed by atoms with Crippen molar-refractivity contribution in [2.24, 2.45) is 10.9 Å². The Hall–Kier alpha value is -2.12. The van der Waals surface area contributed by atoms with Gasteiger partial charge in [-0.1, -0.05) is 0 Å². The van der Waals surface area contributed by atoms with E-state index < -0.39 is 0 Å². The monoisotopic (exact) mass is 296 g/mol. The highest BCUT2D eigenvalue weighted by atomic mass is 16.5. The number of aliphatic hydroxyl groups is 1. The van der Waals surface area contributed by atoms with Gasteiger partial charge in [0.25, 0.3) is 0 Å². The first-order chi connectivity index (χ1) is 10.6. The molecule has 1 heterocycles. The molecule has 0 saturated heterocycles. The summed E-state index contributed by atoms with van der Waals surface area (Å²) in [6.07, 6.45) is 2.94. The van der Waals surface area contributed by atoms with E-state index in [2.05, 4.69) is 6.07 Å². The maximum absolute atomic E-state index is 9.20. The lowest BCUT2D eigenvalue weighted by Crippen LogP contribution is -2.10. The number of ether oxygens (including phenoxy) is 1. The maximum atomic E-state index is 9.20. The topological polar surface area (TPSA) is 65.6 Å². The average molecular weight is 296 g/mol. The summed E-state index contributed by atoms with van der Waals surface area (Å²) >= 11 is 0. The molecule has 0 aromatic heterocycles. The van der Waals surface area contributed by atoms with Crippen LogP contribution in [0.25, 0.3) is 0 Å². The first-order valence-corrected chi connectivity index (χ1v) is 7.71. The second-order valence-electron chi connectivity index (χ2n) is 6.08. The third-order valence-electron chi connectivity index (χ3n) is 4.15. The summed E-state index contributed by atoms with van der Waals surface area (Å²) in [6, 6.07) is 7.72. The Morgan fingerprint density at radius 1 is 1.32 bits per heavy atom. The van der Waals surface area contributed by atoms with E-state index in [4.69, 9.17) is 15.0 Å². The predicted octanol–water partition coefficient (Wildman–Crippen LogP) is 3.14. The molecule has 1 aliphatic heterocycles. The molecule has 22 heavy (non-hydrogen) atoms. The number of hydrogen-bond acceptors (Lipinski definition) is 4. The quantitative estimate of drug-likeness (QED) is 0.907. The molecule has 3 rings (SSSR count). The van der Waals surface area contributed by atoms with Crippen molar-refractivity contribution in [2.45, 2.75) is 39.2 Å². The molecule has 114 valence electrons. The molecular weight excluding hydrogens is 276 g/mol. The van der Waals surface area contributed by atoms with Gasteiger partial charge >= 0.3 is 0 Å². The van der Waals surface area contributed by atoms with Crippen molar-refractivity contribution in [1.29, 1.82) is 5.26 Å². The summed E-state index contributed by atoms with van der Waals surface area (Å²) in [5, 5.41) is 18.3. The van der Waals surface area contributed by atoms with Crippen molar-refractivity contribution in [3.8, 4) is 11.8 Å². The zero-order chi connectivity index (χ0) is 15.7. The molecule has 1 N–H and O–H groups in total. The van der Waals surface area contributed by atoms with E-state index in [-0.39, 0.29) is 12.6 Å². The fourth-order valence-corrected chi connectivity index (χ4v) is 2.85. The van der Waals surface area contributed by atoms with Crippen LogP contribution in [-0.4, -0.2) is 23.5 Å². The van der Waals surface area contributed by atoms with Gasteiger partial charge in [-0.3, -0.25) is 4.99 Å². The minimum atomic E-state index is 0.0239. The molecule has 1 aromatic carbocycles. The minimum absolute atomic E-state index is 0.0239. The van der Waals surface area contributed by atoms with Crippen LogP contribution < -0.4 is 4.74 Å². The van der Waals surface area contributed by atoms with Crippen molar-refractivity contribution in [1.82, 2.24) is 0 Å². The smallest absolute Gasteiger partial charge is 0.149 e. The van der Waals surface area contributed by atoms with Crippen LogP contribution >= 0.6 is 0 Å². The molecule has 4 nitrogen and oxygen atoms in total. The number of aryl methyl sites for hydroxylation is 1. The van der Waals surface area contributed by atoms with Gasteiger partial charge in [0.15, 0.2) is 0 Å². The molecule has 1 aromatic rings. The third kappa shape index (κ3) is 2.90. The Balaban J connectivity index is 1.91. The molecule has 2 aliphatic rings. The van der Waals surface area contributed by atoms with Gasteiger partial charge in [-0.15, -0.1) is 0 Å². The van der Waals surface area contributed by atoms with Gasteiger partial charge in [0.05, 0.1) is 23.4 Å². The highest BCUT2D eigenvalue weighted by molar-refractivity contribution is 6.04. The lowest BCUT2D eigenvalue weighted by atomic mass is 10.1. The predicted molar refractivity (Wildman–Crippen MR) is 84.9 cm³/mol. The largest absolute Gasteiger partial charge is 0.455 e. The van der Waals surface area contributed by atoms with E-state index in [1.54, 1.807) is 6.07 Å². The van der Waals surface area contributed by atoms with E-state index in [9.17, 15) is 5.11 Å². The summed E-state index contributed by atoms with van der Waals surface area (Å²) in [5.74, 6) is 2.02. The van der Waals surface area contributed by atoms with E-state index in [0.717, 1.165) is 35.4 Å². The minimum Gasteiger partial charge on any atom is -0.455 e. The van der Waals surface area contributed by atoms with Gasteiger partial charge < -0.3 is 9.84 Å². The van der Waals surface area contributed by atoms with Crippen LogP contribution in [0.1, 0.15) is 37.3 Å². The van der Waals surface area contributed by atoms with Gasteiger partial charge in [-0.05, 0) is 62.4 Å².